The fraction of sp³-hybridized carbons (Fsp3) is 0.308. The average molecular weight is 547 g/mol. The minimum absolute atomic E-state index is 0.127. The van der Waals surface area contributed by atoms with Gasteiger partial charge < -0.3 is 15.2 Å². The fourth-order valence-corrected chi connectivity index (χ4v) is 4.70. The molecule has 0 fully saturated rings. The van der Waals surface area contributed by atoms with E-state index in [1.165, 1.54) is 11.8 Å². The van der Waals surface area contributed by atoms with E-state index in [0.717, 1.165) is 5.56 Å². The molecule has 0 unspecified atom stereocenters. The number of aryl methyl sites for hydroxylation is 1. The van der Waals surface area contributed by atoms with Gasteiger partial charge in [0.05, 0.1) is 22.4 Å². The van der Waals surface area contributed by atoms with Gasteiger partial charge in [0.1, 0.15) is 0 Å². The van der Waals surface area contributed by atoms with Gasteiger partial charge in [-0.05, 0) is 49.1 Å². The van der Waals surface area contributed by atoms with Gasteiger partial charge in [0.15, 0.2) is 11.0 Å². The Kier molecular flexibility index (Phi) is 9.98. The average Bonchev–Trinajstić information content (AvgIpc) is 3.22. The summed E-state index contributed by atoms with van der Waals surface area (Å²) >= 11 is 13.6. The smallest absolute Gasteiger partial charge is 0.253 e. The van der Waals surface area contributed by atoms with Crippen molar-refractivity contribution < 1.29 is 9.59 Å². The number of hydrogen-bond donors (Lipinski definition) is 2. The second-order valence-corrected chi connectivity index (χ2v) is 10.4. The highest BCUT2D eigenvalue weighted by atomic mass is 35.5. The minimum Gasteiger partial charge on any atom is -0.342 e. The lowest BCUT2D eigenvalue weighted by molar-refractivity contribution is -0.113. The number of nitrogens with zero attached hydrogens (tertiary/aromatic N) is 3. The summed E-state index contributed by atoms with van der Waals surface area (Å²) in [6.45, 7) is 10.3. The summed E-state index contributed by atoms with van der Waals surface area (Å²) < 4.78 is 1.87. The van der Waals surface area contributed by atoms with Crippen LogP contribution in [0.5, 0.6) is 0 Å². The van der Waals surface area contributed by atoms with E-state index in [0.29, 0.717) is 45.2 Å². The van der Waals surface area contributed by atoms with E-state index >= 15 is 0 Å². The van der Waals surface area contributed by atoms with Crippen LogP contribution in [0.15, 0.2) is 60.3 Å². The number of carbonyl (C=O) groups is 2. The van der Waals surface area contributed by atoms with Crippen molar-refractivity contribution in [2.75, 3.05) is 11.1 Å². The van der Waals surface area contributed by atoms with Crippen molar-refractivity contribution in [2.45, 2.75) is 44.9 Å². The number of amides is 2. The third-order valence-corrected chi connectivity index (χ3v) is 6.99. The van der Waals surface area contributed by atoms with Crippen LogP contribution >= 0.6 is 35.0 Å². The molecule has 0 radical (unpaired) electrons. The minimum atomic E-state index is -0.404. The molecule has 2 N–H and O–H groups in total. The quantitative estimate of drug-likeness (QED) is 0.217. The van der Waals surface area contributed by atoms with Crippen molar-refractivity contribution in [3.8, 4) is 0 Å². The second kappa shape index (κ2) is 12.9. The molecule has 10 heteroatoms. The zero-order valence-electron chi connectivity index (χ0n) is 20.4. The normalized spacial score (nSPS) is 11.8. The number of aromatic nitrogens is 3. The maximum atomic E-state index is 13.0. The number of allylic oxidation sites excluding steroid dienone is 1. The summed E-state index contributed by atoms with van der Waals surface area (Å²) in [6.07, 6.45) is 2.37. The molecule has 0 aliphatic rings. The van der Waals surface area contributed by atoms with E-state index in [-0.39, 0.29) is 23.5 Å². The zero-order valence-corrected chi connectivity index (χ0v) is 22.8. The van der Waals surface area contributed by atoms with Crippen LogP contribution in [-0.4, -0.2) is 32.3 Å². The van der Waals surface area contributed by atoms with E-state index in [2.05, 4.69) is 41.3 Å². The zero-order chi connectivity index (χ0) is 26.2. The van der Waals surface area contributed by atoms with Crippen LogP contribution in [0.3, 0.4) is 0 Å². The van der Waals surface area contributed by atoms with Gasteiger partial charge in [-0.3, -0.25) is 9.59 Å². The number of hydrogen-bond acceptors (Lipinski definition) is 5. The van der Waals surface area contributed by atoms with Gasteiger partial charge in [-0.25, -0.2) is 0 Å². The first-order chi connectivity index (χ1) is 17.2. The molecule has 1 atom stereocenters. The van der Waals surface area contributed by atoms with Crippen molar-refractivity contribution >= 4 is 52.5 Å². The van der Waals surface area contributed by atoms with Gasteiger partial charge in [-0.15, -0.1) is 16.8 Å². The van der Waals surface area contributed by atoms with Gasteiger partial charge in [0.2, 0.25) is 5.91 Å². The van der Waals surface area contributed by atoms with Crippen LogP contribution in [0.4, 0.5) is 5.69 Å². The molecule has 0 spiro atoms. The highest BCUT2D eigenvalue weighted by Gasteiger charge is 2.25. The Labute approximate surface area is 225 Å². The Morgan fingerprint density at radius 2 is 1.89 bits per heavy atom. The first-order valence-corrected chi connectivity index (χ1v) is 13.2. The third-order valence-electron chi connectivity index (χ3n) is 5.29. The molecule has 3 aromatic rings. The summed E-state index contributed by atoms with van der Waals surface area (Å²) in [7, 11) is 0. The number of benzene rings is 2. The Morgan fingerprint density at radius 1 is 1.14 bits per heavy atom. The molecular formula is C26H29Cl2N5O2S. The van der Waals surface area contributed by atoms with Crippen LogP contribution in [0, 0.1) is 12.8 Å². The fourth-order valence-electron chi connectivity index (χ4n) is 3.54. The van der Waals surface area contributed by atoms with Gasteiger partial charge >= 0.3 is 0 Å². The van der Waals surface area contributed by atoms with Gasteiger partial charge in [-0.1, -0.05) is 73.1 Å². The molecule has 1 heterocycles. The van der Waals surface area contributed by atoms with Crippen LogP contribution < -0.4 is 10.6 Å². The molecule has 0 bridgehead atoms. The molecule has 0 aliphatic heterocycles. The molecule has 36 heavy (non-hydrogen) atoms. The predicted molar refractivity (Wildman–Crippen MR) is 147 cm³/mol. The maximum Gasteiger partial charge on any atom is 0.253 e. The second-order valence-electron chi connectivity index (χ2n) is 8.68. The summed E-state index contributed by atoms with van der Waals surface area (Å²) in [5.74, 6) is 0.516. The lowest BCUT2D eigenvalue weighted by Crippen LogP contribution is -2.32. The first kappa shape index (κ1) is 27.8. The maximum absolute atomic E-state index is 13.0. The van der Waals surface area contributed by atoms with Crippen molar-refractivity contribution in [1.82, 2.24) is 20.1 Å². The molecule has 190 valence electrons. The van der Waals surface area contributed by atoms with E-state index in [1.807, 2.05) is 17.6 Å². The van der Waals surface area contributed by atoms with Crippen LogP contribution in [-0.2, 0) is 11.3 Å². The monoisotopic (exact) mass is 545 g/mol. The van der Waals surface area contributed by atoms with Gasteiger partial charge in [-0.2, -0.15) is 0 Å². The van der Waals surface area contributed by atoms with Crippen molar-refractivity contribution in [3.05, 3.63) is 82.1 Å². The highest BCUT2D eigenvalue weighted by Crippen LogP contribution is 2.27. The summed E-state index contributed by atoms with van der Waals surface area (Å²) in [6, 6.07) is 11.9. The lowest BCUT2D eigenvalue weighted by atomic mass is 10.0. The summed E-state index contributed by atoms with van der Waals surface area (Å²) in [4.78, 5) is 25.5. The molecule has 0 saturated heterocycles. The van der Waals surface area contributed by atoms with Crippen LogP contribution in [0.25, 0.3) is 0 Å². The molecule has 2 aromatic carbocycles. The van der Waals surface area contributed by atoms with E-state index in [9.17, 15) is 9.59 Å². The number of carbonyl (C=O) groups excluding carboxylic acids is 2. The Morgan fingerprint density at radius 3 is 2.56 bits per heavy atom. The summed E-state index contributed by atoms with van der Waals surface area (Å²) in [5, 5.41) is 16.1. The molecule has 0 saturated carbocycles. The molecule has 7 nitrogen and oxygen atoms in total. The number of halogens is 2. The van der Waals surface area contributed by atoms with Crippen LogP contribution in [0.2, 0.25) is 10.0 Å². The number of rotatable bonds is 11. The van der Waals surface area contributed by atoms with Crippen molar-refractivity contribution in [2.24, 2.45) is 5.92 Å². The SMILES string of the molecule is C=CCn1c(SCC(=O)Nc2ccc(C)c(Cl)c2)nnc1[C@H](CC(C)C)NC(=O)c1ccccc1Cl. The Bertz CT molecular complexity index is 1240. The highest BCUT2D eigenvalue weighted by molar-refractivity contribution is 7.99. The number of nitrogens with one attached hydrogen (secondary N) is 2. The van der Waals surface area contributed by atoms with Crippen molar-refractivity contribution in [3.63, 3.8) is 0 Å². The molecule has 2 amide bonds. The van der Waals surface area contributed by atoms with E-state index in [4.69, 9.17) is 23.2 Å². The topological polar surface area (TPSA) is 88.9 Å². The molecule has 3 rings (SSSR count). The third kappa shape index (κ3) is 7.35. The molecule has 1 aromatic heterocycles. The summed E-state index contributed by atoms with van der Waals surface area (Å²) in [5.41, 5.74) is 1.96. The first-order valence-electron chi connectivity index (χ1n) is 11.5. The van der Waals surface area contributed by atoms with Crippen LogP contribution in [0.1, 0.15) is 48.1 Å². The van der Waals surface area contributed by atoms with E-state index < -0.39 is 6.04 Å². The van der Waals surface area contributed by atoms with Gasteiger partial charge in [0.25, 0.3) is 5.91 Å². The number of anilines is 1. The largest absolute Gasteiger partial charge is 0.342 e. The number of thioether (sulfide) groups is 1. The predicted octanol–water partition coefficient (Wildman–Crippen LogP) is 6.33. The molecular weight excluding hydrogens is 517 g/mol. The lowest BCUT2D eigenvalue weighted by Gasteiger charge is -2.21. The van der Waals surface area contributed by atoms with E-state index in [1.54, 1.807) is 42.5 Å². The Balaban J connectivity index is 1.77. The Hall–Kier alpha value is -2.81. The molecule has 0 aliphatic carbocycles. The van der Waals surface area contributed by atoms with Gasteiger partial charge in [0, 0.05) is 17.3 Å². The standard InChI is InChI=1S/C26H29Cl2N5O2S/c1-5-12-33-24(22(13-16(2)3)30-25(35)19-8-6-7-9-20(19)27)31-32-26(33)36-15-23(34)29-18-11-10-17(4)21(28)14-18/h5-11,14,16,22H,1,12-13,15H2,2-4H3,(H,29,34)(H,30,35)/t22-/m0/s1. The van der Waals surface area contributed by atoms with Crippen molar-refractivity contribution in [1.29, 1.82) is 0 Å².